The van der Waals surface area contributed by atoms with Crippen molar-refractivity contribution in [2.45, 2.75) is 38.1 Å². The molecule has 1 aliphatic heterocycles. The molecule has 2 heterocycles. The molecular formula is C14H18N2OS2. The molecule has 0 spiro atoms. The van der Waals surface area contributed by atoms with E-state index >= 15 is 0 Å². The molecule has 0 radical (unpaired) electrons. The molecule has 2 rings (SSSR count). The molecule has 102 valence electrons. The van der Waals surface area contributed by atoms with E-state index in [9.17, 15) is 10.1 Å². The van der Waals surface area contributed by atoms with Gasteiger partial charge in [0.05, 0.1) is 6.07 Å². The minimum atomic E-state index is -0.610. The first-order chi connectivity index (χ1) is 9.13. The summed E-state index contributed by atoms with van der Waals surface area (Å²) in [6.45, 7) is 2.09. The molecule has 3 nitrogen and oxygen atoms in total. The summed E-state index contributed by atoms with van der Waals surface area (Å²) < 4.78 is 0. The monoisotopic (exact) mass is 294 g/mol. The van der Waals surface area contributed by atoms with Crippen LogP contribution >= 0.6 is 23.1 Å². The van der Waals surface area contributed by atoms with Crippen LogP contribution in [0, 0.1) is 18.3 Å². The smallest absolute Gasteiger partial charge is 0.221 e. The number of aryl methyl sites for hydroxylation is 2. The number of nitrogens with one attached hydrogen (secondary N) is 1. The number of nitrogens with zero attached hydrogens (tertiary/aromatic N) is 1. The van der Waals surface area contributed by atoms with Crippen LogP contribution in [0.1, 0.15) is 29.0 Å². The van der Waals surface area contributed by atoms with Crippen LogP contribution in [0.5, 0.6) is 0 Å². The number of rotatable bonds is 5. The fourth-order valence-corrected chi connectivity index (χ4v) is 4.35. The lowest BCUT2D eigenvalue weighted by Gasteiger charge is -2.21. The molecular weight excluding hydrogens is 276 g/mol. The topological polar surface area (TPSA) is 52.9 Å². The highest BCUT2D eigenvalue weighted by atomic mass is 32.2. The molecule has 1 unspecified atom stereocenters. The van der Waals surface area contributed by atoms with Crippen LogP contribution in [0.2, 0.25) is 0 Å². The maximum Gasteiger partial charge on any atom is 0.221 e. The largest absolute Gasteiger partial charge is 0.337 e. The zero-order chi connectivity index (χ0) is 13.7. The molecule has 1 aromatic rings. The lowest BCUT2D eigenvalue weighted by atomic mass is 10.0. The first kappa shape index (κ1) is 14.4. The van der Waals surface area contributed by atoms with Crippen LogP contribution in [0.25, 0.3) is 0 Å². The van der Waals surface area contributed by atoms with E-state index in [2.05, 4.69) is 30.4 Å². The maximum atomic E-state index is 11.9. The summed E-state index contributed by atoms with van der Waals surface area (Å²) in [6.07, 6.45) is 3.07. The lowest BCUT2D eigenvalue weighted by molar-refractivity contribution is -0.122. The maximum absolute atomic E-state index is 11.9. The van der Waals surface area contributed by atoms with Gasteiger partial charge < -0.3 is 5.32 Å². The van der Waals surface area contributed by atoms with Crippen molar-refractivity contribution in [3.8, 4) is 6.07 Å². The molecule has 1 amide bonds. The van der Waals surface area contributed by atoms with Crippen molar-refractivity contribution in [2.24, 2.45) is 0 Å². The Morgan fingerprint density at radius 3 is 3.00 bits per heavy atom. The summed E-state index contributed by atoms with van der Waals surface area (Å²) >= 11 is 3.52. The van der Waals surface area contributed by atoms with Gasteiger partial charge in [-0.15, -0.1) is 11.3 Å². The van der Waals surface area contributed by atoms with E-state index < -0.39 is 5.54 Å². The Bertz CT molecular complexity index is 484. The fourth-order valence-electron chi connectivity index (χ4n) is 2.15. The number of nitriles is 1. The van der Waals surface area contributed by atoms with Gasteiger partial charge in [-0.1, -0.05) is 0 Å². The Hall–Kier alpha value is -0.990. The molecule has 1 saturated heterocycles. The fraction of sp³-hybridized carbons (Fsp3) is 0.571. The van der Waals surface area contributed by atoms with Gasteiger partial charge in [-0.2, -0.15) is 17.0 Å². The van der Waals surface area contributed by atoms with Gasteiger partial charge in [-0.3, -0.25) is 4.79 Å². The van der Waals surface area contributed by atoms with Crippen molar-refractivity contribution in [3.63, 3.8) is 0 Å². The minimum Gasteiger partial charge on any atom is -0.337 e. The van der Waals surface area contributed by atoms with Crippen LogP contribution in [-0.2, 0) is 11.2 Å². The Kier molecular flexibility index (Phi) is 4.89. The molecule has 1 fully saturated rings. The number of amides is 1. The molecule has 1 aliphatic rings. The number of hydrogen-bond acceptors (Lipinski definition) is 4. The third-order valence-electron chi connectivity index (χ3n) is 3.24. The highest BCUT2D eigenvalue weighted by Gasteiger charge is 2.35. The summed E-state index contributed by atoms with van der Waals surface area (Å²) in [4.78, 5) is 14.5. The number of thiophene rings is 1. The summed E-state index contributed by atoms with van der Waals surface area (Å²) in [7, 11) is 0. The van der Waals surface area contributed by atoms with Gasteiger partial charge in [-0.25, -0.2) is 0 Å². The van der Waals surface area contributed by atoms with E-state index in [1.54, 1.807) is 23.1 Å². The summed E-state index contributed by atoms with van der Waals surface area (Å²) in [5.74, 6) is 1.69. The number of carbonyl (C=O) groups excluding carboxylic acids is 1. The predicted molar refractivity (Wildman–Crippen MR) is 80.4 cm³/mol. The second-order valence-corrected chi connectivity index (χ2v) is 7.39. The van der Waals surface area contributed by atoms with Crippen LogP contribution in [0.4, 0.5) is 0 Å². The van der Waals surface area contributed by atoms with Gasteiger partial charge >= 0.3 is 0 Å². The van der Waals surface area contributed by atoms with E-state index in [0.717, 1.165) is 30.8 Å². The highest BCUT2D eigenvalue weighted by molar-refractivity contribution is 7.99. The second kappa shape index (κ2) is 6.44. The van der Waals surface area contributed by atoms with E-state index in [1.165, 1.54) is 9.75 Å². The Morgan fingerprint density at radius 1 is 1.58 bits per heavy atom. The standard InChI is InChI=1S/C14H18N2OS2/c1-11-5-6-12(19-11)3-2-4-13(17)16-14(9-15)7-8-18-10-14/h5-6H,2-4,7-8,10H2,1H3,(H,16,17). The van der Waals surface area contributed by atoms with Crippen molar-refractivity contribution in [3.05, 3.63) is 21.9 Å². The molecule has 5 heteroatoms. The van der Waals surface area contributed by atoms with E-state index in [1.807, 2.05) is 0 Å². The van der Waals surface area contributed by atoms with E-state index in [0.29, 0.717) is 6.42 Å². The van der Waals surface area contributed by atoms with Gasteiger partial charge in [0.25, 0.3) is 0 Å². The Balaban J connectivity index is 1.74. The van der Waals surface area contributed by atoms with E-state index in [-0.39, 0.29) is 5.91 Å². The highest BCUT2D eigenvalue weighted by Crippen LogP contribution is 2.27. The Labute approximate surface area is 122 Å². The molecule has 19 heavy (non-hydrogen) atoms. The molecule has 0 aromatic carbocycles. The van der Waals surface area contributed by atoms with Crippen LogP contribution in [-0.4, -0.2) is 23.0 Å². The molecule has 1 N–H and O–H groups in total. The molecule has 1 atom stereocenters. The van der Waals surface area contributed by atoms with Gasteiger partial charge in [0.2, 0.25) is 5.91 Å². The first-order valence-corrected chi connectivity index (χ1v) is 8.46. The summed E-state index contributed by atoms with van der Waals surface area (Å²) in [5, 5.41) is 12.1. The average molecular weight is 294 g/mol. The van der Waals surface area contributed by atoms with Gasteiger partial charge in [0.15, 0.2) is 0 Å². The normalized spacial score (nSPS) is 22.1. The Morgan fingerprint density at radius 2 is 2.42 bits per heavy atom. The zero-order valence-electron chi connectivity index (χ0n) is 11.1. The third-order valence-corrected chi connectivity index (χ3v) is 5.49. The number of thioether (sulfide) groups is 1. The second-order valence-electron chi connectivity index (χ2n) is 4.91. The molecule has 0 saturated carbocycles. The minimum absolute atomic E-state index is 0.0114. The predicted octanol–water partition coefficient (Wildman–Crippen LogP) is 2.89. The van der Waals surface area contributed by atoms with E-state index in [4.69, 9.17) is 0 Å². The van der Waals surface area contributed by atoms with Crippen molar-refractivity contribution in [1.82, 2.24) is 5.32 Å². The van der Waals surface area contributed by atoms with Gasteiger partial charge in [0.1, 0.15) is 5.54 Å². The number of hydrogen-bond donors (Lipinski definition) is 1. The van der Waals surface area contributed by atoms with Crippen molar-refractivity contribution >= 4 is 29.0 Å². The third kappa shape index (κ3) is 3.99. The summed E-state index contributed by atoms with van der Waals surface area (Å²) in [6, 6.07) is 6.51. The lowest BCUT2D eigenvalue weighted by Crippen LogP contribution is -2.47. The van der Waals surface area contributed by atoms with Crippen molar-refractivity contribution in [1.29, 1.82) is 5.26 Å². The summed E-state index contributed by atoms with van der Waals surface area (Å²) in [5.41, 5.74) is -0.610. The number of carbonyl (C=O) groups is 1. The van der Waals surface area contributed by atoms with Gasteiger partial charge in [0, 0.05) is 21.9 Å². The molecule has 0 bridgehead atoms. The first-order valence-electron chi connectivity index (χ1n) is 6.49. The average Bonchev–Trinajstić information content (AvgIpc) is 2.99. The quantitative estimate of drug-likeness (QED) is 0.908. The van der Waals surface area contributed by atoms with Crippen LogP contribution < -0.4 is 5.32 Å². The van der Waals surface area contributed by atoms with Gasteiger partial charge in [-0.05, 0) is 44.1 Å². The molecule has 0 aliphatic carbocycles. The van der Waals surface area contributed by atoms with Crippen molar-refractivity contribution < 1.29 is 4.79 Å². The SMILES string of the molecule is Cc1ccc(CCCC(=O)NC2(C#N)CCSC2)s1. The van der Waals surface area contributed by atoms with Crippen LogP contribution in [0.15, 0.2) is 12.1 Å². The van der Waals surface area contributed by atoms with Crippen molar-refractivity contribution in [2.75, 3.05) is 11.5 Å². The molecule has 1 aromatic heterocycles. The zero-order valence-corrected chi connectivity index (χ0v) is 12.7. The van der Waals surface area contributed by atoms with Crippen LogP contribution in [0.3, 0.4) is 0 Å².